The van der Waals surface area contributed by atoms with Gasteiger partial charge in [-0.25, -0.2) is 0 Å². The van der Waals surface area contributed by atoms with Gasteiger partial charge < -0.3 is 10.5 Å². The van der Waals surface area contributed by atoms with E-state index >= 15 is 0 Å². The summed E-state index contributed by atoms with van der Waals surface area (Å²) in [7, 11) is 0. The fourth-order valence-corrected chi connectivity index (χ4v) is 2.17. The first kappa shape index (κ1) is 9.25. The highest BCUT2D eigenvalue weighted by molar-refractivity contribution is 5.66. The van der Waals surface area contributed by atoms with E-state index in [9.17, 15) is 4.79 Å². The predicted molar refractivity (Wildman–Crippen MR) is 57.3 cm³/mol. The smallest absolute Gasteiger partial charge is 0.127 e. The number of aryl methyl sites for hydroxylation is 2. The first-order valence-corrected chi connectivity index (χ1v) is 5.06. The lowest BCUT2D eigenvalue weighted by Gasteiger charge is -2.22. The molecule has 14 heavy (non-hydrogen) atoms. The van der Waals surface area contributed by atoms with Crippen molar-refractivity contribution in [3.8, 4) is 0 Å². The summed E-state index contributed by atoms with van der Waals surface area (Å²) in [4.78, 5) is 10.9. The van der Waals surface area contributed by atoms with E-state index in [1.165, 1.54) is 5.56 Å². The second kappa shape index (κ2) is 3.45. The highest BCUT2D eigenvalue weighted by Gasteiger charge is 2.20. The van der Waals surface area contributed by atoms with Crippen molar-refractivity contribution in [2.75, 3.05) is 5.73 Å². The van der Waals surface area contributed by atoms with E-state index in [0.717, 1.165) is 42.4 Å². The topological polar surface area (TPSA) is 43.1 Å². The average molecular weight is 189 g/mol. The summed E-state index contributed by atoms with van der Waals surface area (Å²) in [6.45, 7) is 2.01. The van der Waals surface area contributed by atoms with Crippen LogP contribution in [0.25, 0.3) is 0 Å². The monoisotopic (exact) mass is 189 g/mol. The number of nitrogen functional groups attached to an aromatic ring is 1. The average Bonchev–Trinajstić information content (AvgIpc) is 2.19. The Morgan fingerprint density at radius 3 is 3.00 bits per heavy atom. The van der Waals surface area contributed by atoms with Gasteiger partial charge in [0.1, 0.15) is 6.29 Å². The zero-order chi connectivity index (χ0) is 10.1. The highest BCUT2D eigenvalue weighted by atomic mass is 16.1. The van der Waals surface area contributed by atoms with E-state index in [-0.39, 0.29) is 5.92 Å². The fourth-order valence-electron chi connectivity index (χ4n) is 2.17. The molecule has 0 bridgehead atoms. The van der Waals surface area contributed by atoms with Gasteiger partial charge in [0.15, 0.2) is 0 Å². The fraction of sp³-hybridized carbons (Fsp3) is 0.417. The number of carbonyl (C=O) groups excluding carboxylic acids is 1. The first-order chi connectivity index (χ1) is 6.72. The molecule has 0 saturated heterocycles. The van der Waals surface area contributed by atoms with E-state index in [2.05, 4.69) is 6.07 Å². The maximum absolute atomic E-state index is 10.9. The third-order valence-corrected chi connectivity index (χ3v) is 3.05. The maximum atomic E-state index is 10.9. The first-order valence-electron chi connectivity index (χ1n) is 5.06. The molecule has 2 nitrogen and oxygen atoms in total. The Morgan fingerprint density at radius 2 is 2.29 bits per heavy atom. The van der Waals surface area contributed by atoms with Crippen molar-refractivity contribution in [3.05, 3.63) is 28.8 Å². The van der Waals surface area contributed by atoms with Crippen LogP contribution in [0.1, 0.15) is 35.4 Å². The predicted octanol–water partition coefficient (Wildman–Crippen LogP) is 2.20. The minimum atomic E-state index is 0.0710. The second-order valence-electron chi connectivity index (χ2n) is 4.04. The summed E-state index contributed by atoms with van der Waals surface area (Å²) in [5.74, 6) is 0.0710. The summed E-state index contributed by atoms with van der Waals surface area (Å²) in [5, 5.41) is 0. The number of rotatable bonds is 1. The van der Waals surface area contributed by atoms with E-state index in [1.54, 1.807) is 0 Å². The molecule has 0 aliphatic heterocycles. The molecule has 1 atom stereocenters. The van der Waals surface area contributed by atoms with Gasteiger partial charge in [-0.3, -0.25) is 0 Å². The quantitative estimate of drug-likeness (QED) is 0.543. The molecule has 74 valence electrons. The molecular weight excluding hydrogens is 174 g/mol. The van der Waals surface area contributed by atoms with Gasteiger partial charge in [0.25, 0.3) is 0 Å². The lowest BCUT2D eigenvalue weighted by Crippen LogP contribution is -2.12. The minimum Gasteiger partial charge on any atom is -0.399 e. The van der Waals surface area contributed by atoms with Crippen molar-refractivity contribution >= 4 is 12.0 Å². The molecule has 0 heterocycles. The highest BCUT2D eigenvalue weighted by Crippen LogP contribution is 2.32. The van der Waals surface area contributed by atoms with Crippen LogP contribution in [0.4, 0.5) is 5.69 Å². The van der Waals surface area contributed by atoms with Gasteiger partial charge in [-0.2, -0.15) is 0 Å². The van der Waals surface area contributed by atoms with Gasteiger partial charge in [-0.1, -0.05) is 6.07 Å². The van der Waals surface area contributed by atoms with Crippen LogP contribution in [0.15, 0.2) is 12.1 Å². The number of nitrogens with two attached hydrogens (primary N) is 1. The zero-order valence-electron chi connectivity index (χ0n) is 8.42. The lowest BCUT2D eigenvalue weighted by molar-refractivity contribution is -0.109. The standard InChI is InChI=1S/C12H15NO/c1-8-5-9-3-2-4-10(7-14)11(9)6-12(8)13/h5-7,10H,2-4,13H2,1H3. The van der Waals surface area contributed by atoms with E-state index in [0.29, 0.717) is 0 Å². The molecule has 0 aromatic heterocycles. The van der Waals surface area contributed by atoms with Gasteiger partial charge in [-0.15, -0.1) is 0 Å². The number of hydrogen-bond donors (Lipinski definition) is 1. The van der Waals surface area contributed by atoms with Crippen LogP contribution in [0.2, 0.25) is 0 Å². The van der Waals surface area contributed by atoms with Crippen LogP contribution >= 0.6 is 0 Å². The van der Waals surface area contributed by atoms with Crippen molar-refractivity contribution in [2.24, 2.45) is 0 Å². The van der Waals surface area contributed by atoms with Gasteiger partial charge >= 0.3 is 0 Å². The maximum Gasteiger partial charge on any atom is 0.127 e. The molecule has 0 saturated carbocycles. The van der Waals surface area contributed by atoms with E-state index < -0.39 is 0 Å². The van der Waals surface area contributed by atoms with Crippen LogP contribution in [-0.2, 0) is 11.2 Å². The molecule has 2 rings (SSSR count). The van der Waals surface area contributed by atoms with Crippen molar-refractivity contribution < 1.29 is 4.79 Å². The van der Waals surface area contributed by atoms with Crippen LogP contribution in [-0.4, -0.2) is 6.29 Å². The number of fused-ring (bicyclic) bond motifs is 1. The van der Waals surface area contributed by atoms with Crippen LogP contribution < -0.4 is 5.73 Å². The summed E-state index contributed by atoms with van der Waals surface area (Å²) in [6.07, 6.45) is 4.21. The molecule has 0 radical (unpaired) electrons. The van der Waals surface area contributed by atoms with E-state index in [1.807, 2.05) is 13.0 Å². The number of benzene rings is 1. The summed E-state index contributed by atoms with van der Waals surface area (Å²) in [5.41, 5.74) is 10.2. The molecule has 1 unspecified atom stereocenters. The van der Waals surface area contributed by atoms with Crippen molar-refractivity contribution in [3.63, 3.8) is 0 Å². The van der Waals surface area contributed by atoms with Gasteiger partial charge in [0, 0.05) is 11.6 Å². The van der Waals surface area contributed by atoms with Crippen molar-refractivity contribution in [1.29, 1.82) is 0 Å². The third-order valence-electron chi connectivity index (χ3n) is 3.05. The molecule has 1 aromatic rings. The van der Waals surface area contributed by atoms with E-state index in [4.69, 9.17) is 5.73 Å². The van der Waals surface area contributed by atoms with Crippen LogP contribution in [0.3, 0.4) is 0 Å². The van der Waals surface area contributed by atoms with Crippen molar-refractivity contribution in [1.82, 2.24) is 0 Å². The Balaban J connectivity index is 2.52. The van der Waals surface area contributed by atoms with Gasteiger partial charge in [0.05, 0.1) is 0 Å². The molecular formula is C12H15NO. The number of aldehydes is 1. The Hall–Kier alpha value is -1.31. The summed E-state index contributed by atoms with van der Waals surface area (Å²) >= 11 is 0. The SMILES string of the molecule is Cc1cc2c(cc1N)C(C=O)CCC2. The third kappa shape index (κ3) is 1.41. The Bertz CT molecular complexity index is 371. The van der Waals surface area contributed by atoms with Crippen LogP contribution in [0, 0.1) is 6.92 Å². The molecule has 2 heteroatoms. The summed E-state index contributed by atoms with van der Waals surface area (Å²) < 4.78 is 0. The molecule has 2 N–H and O–H groups in total. The van der Waals surface area contributed by atoms with Crippen LogP contribution in [0.5, 0.6) is 0 Å². The van der Waals surface area contributed by atoms with Gasteiger partial charge in [-0.05, 0) is 48.9 Å². The molecule has 1 aliphatic carbocycles. The molecule has 0 amide bonds. The lowest BCUT2D eigenvalue weighted by atomic mass is 9.82. The Kier molecular flexibility index (Phi) is 2.28. The second-order valence-corrected chi connectivity index (χ2v) is 4.04. The molecule has 0 fully saturated rings. The zero-order valence-corrected chi connectivity index (χ0v) is 8.42. The number of carbonyl (C=O) groups is 1. The van der Waals surface area contributed by atoms with Gasteiger partial charge in [0.2, 0.25) is 0 Å². The summed E-state index contributed by atoms with van der Waals surface area (Å²) in [6, 6.07) is 4.10. The Labute approximate surface area is 84.1 Å². The largest absolute Gasteiger partial charge is 0.399 e. The Morgan fingerprint density at radius 1 is 1.50 bits per heavy atom. The molecule has 1 aromatic carbocycles. The minimum absolute atomic E-state index is 0.0710. The number of hydrogen-bond acceptors (Lipinski definition) is 2. The normalized spacial score (nSPS) is 20.2. The molecule has 0 spiro atoms. The van der Waals surface area contributed by atoms with Crippen molar-refractivity contribution in [2.45, 2.75) is 32.1 Å². The number of anilines is 1. The molecule has 1 aliphatic rings.